The fraction of sp³-hybridized carbons (Fsp3) is 0.400. The maximum absolute atomic E-state index is 10.7. The molecule has 0 fully saturated rings. The molecule has 0 amide bonds. The molecule has 0 spiro atoms. The minimum Gasteiger partial charge on any atom is -0.480 e. The summed E-state index contributed by atoms with van der Waals surface area (Å²) < 4.78 is 3.79. The normalized spacial score (nSPS) is 13.2. The van der Waals surface area contributed by atoms with Gasteiger partial charge in [-0.25, -0.2) is 4.98 Å². The number of carbonyl (C=O) groups is 1. The molecule has 1 atom stereocenters. The first-order valence-corrected chi connectivity index (χ1v) is 4.98. The summed E-state index contributed by atoms with van der Waals surface area (Å²) in [4.78, 5) is 14.9. The molecule has 86 valence electrons. The Kier molecular flexibility index (Phi) is 2.43. The SMILES string of the molecule is Cc1c(CC(N)C(=O)O)n(C)c2nccn12. The molecule has 2 heterocycles. The maximum atomic E-state index is 10.7. The highest BCUT2D eigenvalue weighted by Crippen LogP contribution is 2.15. The molecule has 16 heavy (non-hydrogen) atoms. The largest absolute Gasteiger partial charge is 0.480 e. The number of hydrogen-bond donors (Lipinski definition) is 2. The number of fused-ring (bicyclic) bond motifs is 1. The van der Waals surface area contributed by atoms with Crippen molar-refractivity contribution in [1.82, 2.24) is 14.0 Å². The van der Waals surface area contributed by atoms with Crippen LogP contribution >= 0.6 is 0 Å². The van der Waals surface area contributed by atoms with E-state index in [0.717, 1.165) is 17.2 Å². The van der Waals surface area contributed by atoms with E-state index < -0.39 is 12.0 Å². The van der Waals surface area contributed by atoms with Crippen molar-refractivity contribution in [2.24, 2.45) is 12.8 Å². The van der Waals surface area contributed by atoms with Crippen molar-refractivity contribution in [2.75, 3.05) is 0 Å². The van der Waals surface area contributed by atoms with Crippen LogP contribution in [0.15, 0.2) is 12.4 Å². The molecule has 3 N–H and O–H groups in total. The van der Waals surface area contributed by atoms with E-state index in [4.69, 9.17) is 10.8 Å². The lowest BCUT2D eigenvalue weighted by Gasteiger charge is -2.08. The van der Waals surface area contributed by atoms with E-state index in [1.807, 2.05) is 29.1 Å². The minimum atomic E-state index is -0.988. The van der Waals surface area contributed by atoms with Crippen molar-refractivity contribution in [3.05, 3.63) is 23.8 Å². The summed E-state index contributed by atoms with van der Waals surface area (Å²) in [6, 6.07) is -0.878. The first-order chi connectivity index (χ1) is 7.52. The summed E-state index contributed by atoms with van der Waals surface area (Å²) in [6.07, 6.45) is 3.87. The molecule has 6 heteroatoms. The fourth-order valence-electron chi connectivity index (χ4n) is 1.89. The number of aryl methyl sites for hydroxylation is 2. The molecule has 0 aromatic carbocycles. The average molecular weight is 222 g/mol. The highest BCUT2D eigenvalue weighted by Gasteiger charge is 2.18. The molecule has 1 unspecified atom stereocenters. The minimum absolute atomic E-state index is 0.307. The number of nitrogens with zero attached hydrogens (tertiary/aromatic N) is 3. The maximum Gasteiger partial charge on any atom is 0.320 e. The van der Waals surface area contributed by atoms with Gasteiger partial charge < -0.3 is 15.4 Å². The van der Waals surface area contributed by atoms with Crippen LogP contribution in [0.2, 0.25) is 0 Å². The number of hydrogen-bond acceptors (Lipinski definition) is 3. The Labute approximate surface area is 92.3 Å². The van der Waals surface area contributed by atoms with Gasteiger partial charge in [0.25, 0.3) is 0 Å². The highest BCUT2D eigenvalue weighted by molar-refractivity contribution is 5.73. The average Bonchev–Trinajstić information content (AvgIpc) is 2.78. The second kappa shape index (κ2) is 3.64. The molecule has 0 saturated heterocycles. The zero-order valence-corrected chi connectivity index (χ0v) is 9.21. The van der Waals surface area contributed by atoms with Gasteiger partial charge in [0.1, 0.15) is 6.04 Å². The third kappa shape index (κ3) is 1.47. The van der Waals surface area contributed by atoms with Crippen LogP contribution in [-0.2, 0) is 18.3 Å². The number of rotatable bonds is 3. The lowest BCUT2D eigenvalue weighted by Crippen LogP contribution is -2.33. The van der Waals surface area contributed by atoms with E-state index in [2.05, 4.69) is 4.98 Å². The first-order valence-electron chi connectivity index (χ1n) is 4.98. The van der Waals surface area contributed by atoms with Crippen LogP contribution in [0.25, 0.3) is 5.78 Å². The predicted octanol–water partition coefficient (Wildman–Crippen LogP) is -0.0644. The smallest absolute Gasteiger partial charge is 0.320 e. The molecule has 0 aliphatic heterocycles. The Balaban J connectivity index is 2.44. The van der Waals surface area contributed by atoms with Gasteiger partial charge >= 0.3 is 5.97 Å². The number of carboxylic acids is 1. The summed E-state index contributed by atoms with van der Waals surface area (Å²) >= 11 is 0. The van der Waals surface area contributed by atoms with Crippen molar-refractivity contribution in [2.45, 2.75) is 19.4 Å². The summed E-state index contributed by atoms with van der Waals surface area (Å²) in [6.45, 7) is 1.93. The zero-order valence-electron chi connectivity index (χ0n) is 9.21. The summed E-state index contributed by atoms with van der Waals surface area (Å²) in [5, 5.41) is 8.79. The molecule has 0 saturated carbocycles. The number of nitrogens with two attached hydrogens (primary N) is 1. The number of aliphatic carboxylic acids is 1. The van der Waals surface area contributed by atoms with Crippen LogP contribution in [0.3, 0.4) is 0 Å². The van der Waals surface area contributed by atoms with E-state index >= 15 is 0 Å². The number of carboxylic acid groups (broad SMARTS) is 1. The quantitative estimate of drug-likeness (QED) is 0.761. The van der Waals surface area contributed by atoms with Crippen molar-refractivity contribution in [3.63, 3.8) is 0 Å². The second-order valence-electron chi connectivity index (χ2n) is 3.84. The Morgan fingerprint density at radius 1 is 1.69 bits per heavy atom. The van der Waals surface area contributed by atoms with E-state index in [-0.39, 0.29) is 0 Å². The van der Waals surface area contributed by atoms with Crippen LogP contribution in [0.4, 0.5) is 0 Å². The van der Waals surface area contributed by atoms with E-state index in [1.54, 1.807) is 6.20 Å². The third-order valence-corrected chi connectivity index (χ3v) is 2.84. The van der Waals surface area contributed by atoms with Gasteiger partial charge in [-0.15, -0.1) is 0 Å². The van der Waals surface area contributed by atoms with Gasteiger partial charge in [-0.05, 0) is 6.92 Å². The van der Waals surface area contributed by atoms with Crippen molar-refractivity contribution >= 4 is 11.7 Å². The Hall–Kier alpha value is -1.82. The van der Waals surface area contributed by atoms with Gasteiger partial charge in [0.05, 0.1) is 0 Å². The molecule has 6 nitrogen and oxygen atoms in total. The van der Waals surface area contributed by atoms with Crippen LogP contribution in [0.5, 0.6) is 0 Å². The topological polar surface area (TPSA) is 85.5 Å². The Bertz CT molecular complexity index is 506. The van der Waals surface area contributed by atoms with E-state index in [0.29, 0.717) is 6.42 Å². The predicted molar refractivity (Wildman–Crippen MR) is 58.2 cm³/mol. The van der Waals surface area contributed by atoms with Gasteiger partial charge in [-0.2, -0.15) is 0 Å². The van der Waals surface area contributed by atoms with Crippen molar-refractivity contribution in [1.29, 1.82) is 0 Å². The second-order valence-corrected chi connectivity index (χ2v) is 3.84. The van der Waals surface area contributed by atoms with Gasteiger partial charge in [0.2, 0.25) is 5.78 Å². The van der Waals surface area contributed by atoms with Gasteiger partial charge in [0.15, 0.2) is 0 Å². The van der Waals surface area contributed by atoms with Crippen LogP contribution in [0.1, 0.15) is 11.4 Å². The standard InChI is InChI=1S/C10H14N4O2/c1-6-8(5-7(11)9(15)16)13(2)10-12-3-4-14(6)10/h3-4,7H,5,11H2,1-2H3,(H,15,16). The summed E-state index contributed by atoms with van der Waals surface area (Å²) in [5.74, 6) is -0.191. The lowest BCUT2D eigenvalue weighted by atomic mass is 10.1. The molecule has 0 aliphatic carbocycles. The van der Waals surface area contributed by atoms with Crippen LogP contribution in [0, 0.1) is 6.92 Å². The molecule has 0 aliphatic rings. The zero-order chi connectivity index (χ0) is 11.9. The van der Waals surface area contributed by atoms with Crippen LogP contribution < -0.4 is 5.73 Å². The third-order valence-electron chi connectivity index (χ3n) is 2.84. The van der Waals surface area contributed by atoms with Crippen molar-refractivity contribution < 1.29 is 9.90 Å². The van der Waals surface area contributed by atoms with Gasteiger partial charge in [0, 0.05) is 37.3 Å². The van der Waals surface area contributed by atoms with Crippen LogP contribution in [-0.4, -0.2) is 31.1 Å². The Morgan fingerprint density at radius 2 is 2.38 bits per heavy atom. The molecular weight excluding hydrogens is 208 g/mol. The number of aromatic nitrogens is 3. The molecule has 2 rings (SSSR count). The molecule has 0 radical (unpaired) electrons. The molecule has 2 aromatic rings. The Morgan fingerprint density at radius 3 is 2.94 bits per heavy atom. The lowest BCUT2D eigenvalue weighted by molar-refractivity contribution is -0.138. The fourth-order valence-corrected chi connectivity index (χ4v) is 1.89. The van der Waals surface area contributed by atoms with Crippen molar-refractivity contribution in [3.8, 4) is 0 Å². The summed E-state index contributed by atoms with van der Waals surface area (Å²) in [7, 11) is 1.86. The molecule has 2 aromatic heterocycles. The highest BCUT2D eigenvalue weighted by atomic mass is 16.4. The summed E-state index contributed by atoms with van der Waals surface area (Å²) in [5.41, 5.74) is 7.41. The van der Waals surface area contributed by atoms with Gasteiger partial charge in [-0.3, -0.25) is 9.20 Å². The van der Waals surface area contributed by atoms with E-state index in [9.17, 15) is 4.79 Å². The van der Waals surface area contributed by atoms with Gasteiger partial charge in [-0.1, -0.05) is 0 Å². The molecular formula is C10H14N4O2. The molecule has 0 bridgehead atoms. The monoisotopic (exact) mass is 222 g/mol. The first kappa shape index (κ1) is 10.7. The van der Waals surface area contributed by atoms with E-state index in [1.165, 1.54) is 0 Å². The number of imidazole rings is 2.